The van der Waals surface area contributed by atoms with E-state index in [0.717, 1.165) is 35.6 Å². The van der Waals surface area contributed by atoms with Crippen LogP contribution in [-0.4, -0.2) is 17.6 Å². The Morgan fingerprint density at radius 3 is 2.81 bits per heavy atom. The molecule has 1 aromatic heterocycles. The zero-order valence-corrected chi connectivity index (χ0v) is 10.9. The quantitative estimate of drug-likeness (QED) is 0.897. The van der Waals surface area contributed by atoms with E-state index in [1.165, 1.54) is 12.8 Å². The summed E-state index contributed by atoms with van der Waals surface area (Å²) in [4.78, 5) is 4.29. The van der Waals surface area contributed by atoms with Gasteiger partial charge in [-0.2, -0.15) is 0 Å². The van der Waals surface area contributed by atoms with Gasteiger partial charge >= 0.3 is 0 Å². The molecule has 0 spiro atoms. The summed E-state index contributed by atoms with van der Waals surface area (Å²) in [6, 6.07) is 4.36. The van der Waals surface area contributed by atoms with Gasteiger partial charge in [-0.15, -0.1) is 0 Å². The maximum absolute atomic E-state index is 5.89. The summed E-state index contributed by atoms with van der Waals surface area (Å²) >= 11 is 3.49. The van der Waals surface area contributed by atoms with Gasteiger partial charge in [-0.3, -0.25) is 0 Å². The average Bonchev–Trinajstić information content (AvgIpc) is 2.30. The Bertz CT molecular complexity index is 335. The highest BCUT2D eigenvalue weighted by Crippen LogP contribution is 2.24. The molecule has 0 aliphatic heterocycles. The van der Waals surface area contributed by atoms with E-state index in [0.29, 0.717) is 6.04 Å². The van der Waals surface area contributed by atoms with Gasteiger partial charge in [0.15, 0.2) is 0 Å². The highest BCUT2D eigenvalue weighted by atomic mass is 79.9. The molecular formula is C12H18BrN3. The third kappa shape index (κ3) is 3.19. The molecular weight excluding hydrogens is 266 g/mol. The number of halogens is 1. The summed E-state index contributed by atoms with van der Waals surface area (Å²) in [5, 5.41) is 3.40. The third-order valence-corrected chi connectivity index (χ3v) is 3.85. The van der Waals surface area contributed by atoms with E-state index in [4.69, 9.17) is 5.73 Å². The Labute approximate surface area is 105 Å². The number of nitrogens with one attached hydrogen (secondary N) is 1. The van der Waals surface area contributed by atoms with Crippen molar-refractivity contribution in [3.05, 3.63) is 22.8 Å². The van der Waals surface area contributed by atoms with Crippen LogP contribution in [0.15, 0.2) is 22.8 Å². The molecule has 1 aliphatic carbocycles. The first-order chi connectivity index (χ1) is 7.75. The SMILES string of the molecule is NC1CCC(CNc2ncccc2Br)CC1. The number of nitrogens with two attached hydrogens (primary N) is 1. The summed E-state index contributed by atoms with van der Waals surface area (Å²) in [5.41, 5.74) is 5.89. The molecule has 1 fully saturated rings. The summed E-state index contributed by atoms with van der Waals surface area (Å²) in [6.07, 6.45) is 6.60. The molecule has 1 heterocycles. The fourth-order valence-electron chi connectivity index (χ4n) is 2.15. The van der Waals surface area contributed by atoms with E-state index in [9.17, 15) is 0 Å². The van der Waals surface area contributed by atoms with Crippen molar-refractivity contribution in [1.29, 1.82) is 0 Å². The number of hydrogen-bond acceptors (Lipinski definition) is 3. The van der Waals surface area contributed by atoms with Crippen LogP contribution in [0.5, 0.6) is 0 Å². The summed E-state index contributed by atoms with van der Waals surface area (Å²) in [6.45, 7) is 1.00. The van der Waals surface area contributed by atoms with Gasteiger partial charge in [-0.25, -0.2) is 4.98 Å². The second-order valence-corrected chi connectivity index (χ2v) is 5.35. The molecule has 1 aliphatic rings. The highest BCUT2D eigenvalue weighted by Gasteiger charge is 2.18. The second-order valence-electron chi connectivity index (χ2n) is 4.50. The molecule has 1 aromatic rings. The molecule has 3 nitrogen and oxygen atoms in total. The number of pyridine rings is 1. The first-order valence-electron chi connectivity index (χ1n) is 5.85. The van der Waals surface area contributed by atoms with Crippen molar-refractivity contribution in [2.75, 3.05) is 11.9 Å². The molecule has 0 atom stereocenters. The van der Waals surface area contributed by atoms with Crippen molar-refractivity contribution in [2.45, 2.75) is 31.7 Å². The minimum atomic E-state index is 0.429. The highest BCUT2D eigenvalue weighted by molar-refractivity contribution is 9.10. The van der Waals surface area contributed by atoms with Crippen LogP contribution in [0.25, 0.3) is 0 Å². The number of anilines is 1. The summed E-state index contributed by atoms with van der Waals surface area (Å²) < 4.78 is 1.03. The fraction of sp³-hybridized carbons (Fsp3) is 0.583. The molecule has 1 saturated carbocycles. The van der Waals surface area contributed by atoms with Crippen LogP contribution >= 0.6 is 15.9 Å². The van der Waals surface area contributed by atoms with E-state index in [-0.39, 0.29) is 0 Å². The standard InChI is InChI=1S/C12H18BrN3/c13-11-2-1-7-15-12(11)16-8-9-3-5-10(14)6-4-9/h1-2,7,9-10H,3-6,8,14H2,(H,15,16). The first-order valence-corrected chi connectivity index (χ1v) is 6.65. The Balaban J connectivity index is 1.81. The minimum absolute atomic E-state index is 0.429. The number of aromatic nitrogens is 1. The molecule has 0 radical (unpaired) electrons. The predicted octanol–water partition coefficient (Wildman–Crippen LogP) is 2.77. The Hall–Kier alpha value is -0.610. The molecule has 0 amide bonds. The van der Waals surface area contributed by atoms with Gasteiger partial charge in [-0.05, 0) is 59.7 Å². The molecule has 2 rings (SSSR count). The number of rotatable bonds is 3. The van der Waals surface area contributed by atoms with Crippen LogP contribution in [0.2, 0.25) is 0 Å². The van der Waals surface area contributed by atoms with Crippen molar-refractivity contribution in [2.24, 2.45) is 11.7 Å². The van der Waals surface area contributed by atoms with Crippen molar-refractivity contribution in [3.8, 4) is 0 Å². The van der Waals surface area contributed by atoms with Crippen molar-refractivity contribution < 1.29 is 0 Å². The van der Waals surface area contributed by atoms with Crippen molar-refractivity contribution >= 4 is 21.7 Å². The number of hydrogen-bond donors (Lipinski definition) is 2. The second kappa shape index (κ2) is 5.64. The molecule has 0 bridgehead atoms. The van der Waals surface area contributed by atoms with Crippen LogP contribution in [0.3, 0.4) is 0 Å². The lowest BCUT2D eigenvalue weighted by Gasteiger charge is -2.26. The summed E-state index contributed by atoms with van der Waals surface area (Å²) in [5.74, 6) is 1.69. The maximum Gasteiger partial charge on any atom is 0.140 e. The number of nitrogens with zero attached hydrogens (tertiary/aromatic N) is 1. The predicted molar refractivity (Wildman–Crippen MR) is 70.4 cm³/mol. The van der Waals surface area contributed by atoms with E-state index in [1.54, 1.807) is 0 Å². The Morgan fingerprint density at radius 1 is 1.38 bits per heavy atom. The summed E-state index contributed by atoms with van der Waals surface area (Å²) in [7, 11) is 0. The molecule has 88 valence electrons. The normalized spacial score (nSPS) is 25.4. The third-order valence-electron chi connectivity index (χ3n) is 3.21. The van der Waals surface area contributed by atoms with Crippen LogP contribution in [0.1, 0.15) is 25.7 Å². The van der Waals surface area contributed by atoms with Crippen LogP contribution in [-0.2, 0) is 0 Å². The van der Waals surface area contributed by atoms with Gasteiger partial charge in [0, 0.05) is 18.8 Å². The van der Waals surface area contributed by atoms with Gasteiger partial charge < -0.3 is 11.1 Å². The lowest BCUT2D eigenvalue weighted by molar-refractivity contribution is 0.338. The lowest BCUT2D eigenvalue weighted by Crippen LogP contribution is -2.29. The van der Waals surface area contributed by atoms with E-state index < -0.39 is 0 Å². The van der Waals surface area contributed by atoms with Crippen molar-refractivity contribution in [3.63, 3.8) is 0 Å². The van der Waals surface area contributed by atoms with Gasteiger partial charge in [-0.1, -0.05) is 0 Å². The van der Waals surface area contributed by atoms with Gasteiger partial charge in [0.25, 0.3) is 0 Å². The largest absolute Gasteiger partial charge is 0.369 e. The molecule has 4 heteroatoms. The minimum Gasteiger partial charge on any atom is -0.369 e. The smallest absolute Gasteiger partial charge is 0.140 e. The molecule has 3 N–H and O–H groups in total. The van der Waals surface area contributed by atoms with Crippen LogP contribution in [0, 0.1) is 5.92 Å². The molecule has 0 unspecified atom stereocenters. The first kappa shape index (κ1) is 11.9. The lowest BCUT2D eigenvalue weighted by atomic mass is 9.86. The van der Waals surface area contributed by atoms with Crippen molar-refractivity contribution in [1.82, 2.24) is 4.98 Å². The Kier molecular flexibility index (Phi) is 4.18. The molecule has 0 aromatic carbocycles. The van der Waals surface area contributed by atoms with Crippen LogP contribution in [0.4, 0.5) is 5.82 Å². The van der Waals surface area contributed by atoms with Gasteiger partial charge in [0.2, 0.25) is 0 Å². The Morgan fingerprint density at radius 2 is 2.12 bits per heavy atom. The zero-order chi connectivity index (χ0) is 11.4. The molecule has 16 heavy (non-hydrogen) atoms. The topological polar surface area (TPSA) is 50.9 Å². The maximum atomic E-state index is 5.89. The average molecular weight is 284 g/mol. The molecule has 0 saturated heterocycles. The van der Waals surface area contributed by atoms with E-state index in [1.807, 2.05) is 18.3 Å². The fourth-order valence-corrected chi connectivity index (χ4v) is 2.54. The van der Waals surface area contributed by atoms with E-state index in [2.05, 4.69) is 26.2 Å². The monoisotopic (exact) mass is 283 g/mol. The van der Waals surface area contributed by atoms with Crippen LogP contribution < -0.4 is 11.1 Å². The van der Waals surface area contributed by atoms with Gasteiger partial charge in [0.1, 0.15) is 5.82 Å². The van der Waals surface area contributed by atoms with E-state index >= 15 is 0 Å². The van der Waals surface area contributed by atoms with Gasteiger partial charge in [0.05, 0.1) is 4.47 Å². The zero-order valence-electron chi connectivity index (χ0n) is 9.32.